The number of benzene rings is 1. The molecule has 0 radical (unpaired) electrons. The van der Waals surface area contributed by atoms with Crippen LogP contribution in [-0.2, 0) is 9.53 Å². The van der Waals surface area contributed by atoms with Gasteiger partial charge >= 0.3 is 5.97 Å². The molecular formula is C24H36O3. The van der Waals surface area contributed by atoms with Crippen molar-refractivity contribution >= 4 is 17.3 Å². The molecule has 0 heterocycles. The number of allylic oxidation sites excluding steroid dienone is 1. The highest BCUT2D eigenvalue weighted by atomic mass is 16.5. The van der Waals surface area contributed by atoms with E-state index in [1.54, 1.807) is 26.0 Å². The molecule has 3 nitrogen and oxygen atoms in total. The zero-order chi connectivity index (χ0) is 20.1. The Hall–Kier alpha value is -1.90. The minimum absolute atomic E-state index is 0.140. The van der Waals surface area contributed by atoms with Gasteiger partial charge in [-0.15, -0.1) is 0 Å². The van der Waals surface area contributed by atoms with Crippen LogP contribution in [0.25, 0.3) is 5.57 Å². The summed E-state index contributed by atoms with van der Waals surface area (Å²) >= 11 is 0. The number of hydrogen-bond acceptors (Lipinski definition) is 3. The maximum atomic E-state index is 12.1. The Labute approximate surface area is 165 Å². The second-order valence-electron chi connectivity index (χ2n) is 7.25. The van der Waals surface area contributed by atoms with Crippen molar-refractivity contribution in [3.05, 3.63) is 42.0 Å². The van der Waals surface area contributed by atoms with E-state index in [1.165, 1.54) is 44.9 Å². The molecule has 0 aliphatic carbocycles. The first-order valence-electron chi connectivity index (χ1n) is 10.5. The summed E-state index contributed by atoms with van der Waals surface area (Å²) in [5.74, 6) is -0.298. The molecule has 0 aliphatic heterocycles. The van der Waals surface area contributed by atoms with E-state index >= 15 is 0 Å². The lowest BCUT2D eigenvalue weighted by Crippen LogP contribution is -2.13. The van der Waals surface area contributed by atoms with Crippen LogP contribution in [0.2, 0.25) is 0 Å². The zero-order valence-electron chi connectivity index (χ0n) is 17.4. The minimum atomic E-state index is -0.322. The molecule has 0 saturated heterocycles. The van der Waals surface area contributed by atoms with Crippen molar-refractivity contribution < 1.29 is 14.3 Å². The van der Waals surface area contributed by atoms with E-state index < -0.39 is 0 Å². The Morgan fingerprint density at radius 3 is 1.93 bits per heavy atom. The maximum Gasteiger partial charge on any atom is 0.338 e. The van der Waals surface area contributed by atoms with E-state index in [2.05, 4.69) is 13.5 Å². The number of ether oxygens (including phenoxy) is 1. The van der Waals surface area contributed by atoms with Gasteiger partial charge < -0.3 is 4.74 Å². The number of unbranched alkanes of at least 4 members (excludes halogenated alkanes) is 7. The van der Waals surface area contributed by atoms with Crippen LogP contribution in [0, 0.1) is 5.92 Å². The topological polar surface area (TPSA) is 43.4 Å². The number of carbonyl (C=O) groups is 2. The quantitative estimate of drug-likeness (QED) is 0.272. The lowest BCUT2D eigenvalue weighted by molar-refractivity contribution is -0.119. The van der Waals surface area contributed by atoms with Crippen molar-refractivity contribution in [3.8, 4) is 0 Å². The largest absolute Gasteiger partial charge is 0.462 e. The summed E-state index contributed by atoms with van der Waals surface area (Å²) in [6, 6.07) is 7.20. The molecule has 3 heteroatoms. The molecule has 27 heavy (non-hydrogen) atoms. The molecule has 0 aliphatic rings. The van der Waals surface area contributed by atoms with Gasteiger partial charge in [0.05, 0.1) is 12.2 Å². The monoisotopic (exact) mass is 372 g/mol. The Balaban J connectivity index is 2.50. The van der Waals surface area contributed by atoms with Crippen LogP contribution in [0.1, 0.15) is 94.5 Å². The third kappa shape index (κ3) is 8.55. The molecule has 1 atom stereocenters. The Bertz CT molecular complexity index is 586. The summed E-state index contributed by atoms with van der Waals surface area (Å²) < 4.78 is 5.01. The average Bonchev–Trinajstić information content (AvgIpc) is 2.66. The Kier molecular flexibility index (Phi) is 11.4. The molecule has 0 spiro atoms. The van der Waals surface area contributed by atoms with E-state index in [4.69, 9.17) is 4.74 Å². The van der Waals surface area contributed by atoms with Crippen LogP contribution in [0.15, 0.2) is 30.8 Å². The average molecular weight is 373 g/mol. The summed E-state index contributed by atoms with van der Waals surface area (Å²) in [4.78, 5) is 23.9. The second-order valence-corrected chi connectivity index (χ2v) is 7.25. The molecule has 0 bridgehead atoms. The van der Waals surface area contributed by atoms with Gasteiger partial charge in [0.2, 0.25) is 0 Å². The molecule has 0 amide bonds. The molecular weight excluding hydrogens is 336 g/mol. The van der Waals surface area contributed by atoms with Gasteiger partial charge in [-0.3, -0.25) is 4.79 Å². The highest BCUT2D eigenvalue weighted by Gasteiger charge is 2.19. The predicted octanol–water partition coefficient (Wildman–Crippen LogP) is 6.61. The lowest BCUT2D eigenvalue weighted by Gasteiger charge is -2.17. The highest BCUT2D eigenvalue weighted by molar-refractivity contribution is 5.92. The van der Waals surface area contributed by atoms with E-state index in [0.717, 1.165) is 24.0 Å². The van der Waals surface area contributed by atoms with E-state index in [9.17, 15) is 9.59 Å². The summed E-state index contributed by atoms with van der Waals surface area (Å²) in [6.45, 7) is 10.2. The number of rotatable bonds is 14. The molecule has 0 aromatic heterocycles. The van der Waals surface area contributed by atoms with Crippen molar-refractivity contribution in [3.63, 3.8) is 0 Å². The first kappa shape index (κ1) is 23.1. The van der Waals surface area contributed by atoms with Gasteiger partial charge in [0, 0.05) is 5.92 Å². The summed E-state index contributed by atoms with van der Waals surface area (Å²) in [5, 5.41) is 0. The number of Topliss-reactive ketones (excluding diaryl/α,β-unsaturated/α-hetero) is 1. The third-order valence-electron chi connectivity index (χ3n) is 5.02. The smallest absolute Gasteiger partial charge is 0.338 e. The van der Waals surface area contributed by atoms with E-state index in [0.29, 0.717) is 12.2 Å². The van der Waals surface area contributed by atoms with Gasteiger partial charge in [-0.2, -0.15) is 0 Å². The van der Waals surface area contributed by atoms with Crippen LogP contribution in [0.4, 0.5) is 0 Å². The fraction of sp³-hybridized carbons (Fsp3) is 0.583. The molecule has 0 fully saturated rings. The van der Waals surface area contributed by atoms with Crippen molar-refractivity contribution in [2.75, 3.05) is 6.61 Å². The first-order valence-corrected chi connectivity index (χ1v) is 10.5. The number of hydrogen-bond donors (Lipinski definition) is 0. The van der Waals surface area contributed by atoms with Crippen LogP contribution in [0.3, 0.4) is 0 Å². The van der Waals surface area contributed by atoms with Crippen molar-refractivity contribution in [2.45, 2.75) is 78.6 Å². The summed E-state index contributed by atoms with van der Waals surface area (Å²) in [5.41, 5.74) is 2.29. The molecule has 1 aromatic carbocycles. The van der Waals surface area contributed by atoms with Crippen molar-refractivity contribution in [2.24, 2.45) is 5.92 Å². The highest BCUT2D eigenvalue weighted by Crippen LogP contribution is 2.28. The fourth-order valence-electron chi connectivity index (χ4n) is 3.34. The molecule has 1 aromatic rings. The summed E-state index contributed by atoms with van der Waals surface area (Å²) in [7, 11) is 0. The Morgan fingerprint density at radius 2 is 1.41 bits per heavy atom. The second kappa shape index (κ2) is 13.3. The normalized spacial score (nSPS) is 11.8. The van der Waals surface area contributed by atoms with Crippen LogP contribution in [-0.4, -0.2) is 18.4 Å². The van der Waals surface area contributed by atoms with Crippen LogP contribution < -0.4 is 0 Å². The molecule has 150 valence electrons. The van der Waals surface area contributed by atoms with Gasteiger partial charge in [-0.05, 0) is 43.5 Å². The molecule has 0 saturated carbocycles. The van der Waals surface area contributed by atoms with E-state index in [1.807, 2.05) is 12.1 Å². The summed E-state index contributed by atoms with van der Waals surface area (Å²) in [6.07, 6.45) is 10.9. The van der Waals surface area contributed by atoms with Crippen molar-refractivity contribution in [1.29, 1.82) is 0 Å². The number of carbonyl (C=O) groups excluding carboxylic acids is 2. The SMILES string of the molecule is C=C(c1ccc(C(=O)OCC)cc1)C(CCCCCCCCCC)C(C)=O. The van der Waals surface area contributed by atoms with Crippen molar-refractivity contribution in [1.82, 2.24) is 0 Å². The standard InChI is InChI=1S/C24H36O3/c1-5-7-8-9-10-11-12-13-14-23(20(4)25)19(3)21-15-17-22(18-16-21)24(26)27-6-2/h15-18,23H,3,5-14H2,1-2,4H3. The van der Waals surface area contributed by atoms with Gasteiger partial charge in [-0.25, -0.2) is 4.79 Å². The third-order valence-corrected chi connectivity index (χ3v) is 5.02. The van der Waals surface area contributed by atoms with E-state index in [-0.39, 0.29) is 17.7 Å². The minimum Gasteiger partial charge on any atom is -0.462 e. The number of esters is 1. The van der Waals surface area contributed by atoms with Gasteiger partial charge in [-0.1, -0.05) is 77.0 Å². The maximum absolute atomic E-state index is 12.1. The fourth-order valence-corrected chi connectivity index (χ4v) is 3.34. The van der Waals surface area contributed by atoms with Gasteiger partial charge in [0.25, 0.3) is 0 Å². The lowest BCUT2D eigenvalue weighted by atomic mass is 9.86. The predicted molar refractivity (Wildman–Crippen MR) is 113 cm³/mol. The zero-order valence-corrected chi connectivity index (χ0v) is 17.4. The van der Waals surface area contributed by atoms with Gasteiger partial charge in [0.1, 0.15) is 5.78 Å². The van der Waals surface area contributed by atoms with Crippen LogP contribution >= 0.6 is 0 Å². The van der Waals surface area contributed by atoms with Crippen LogP contribution in [0.5, 0.6) is 0 Å². The molecule has 1 rings (SSSR count). The Morgan fingerprint density at radius 1 is 0.889 bits per heavy atom. The number of ketones is 1. The molecule has 1 unspecified atom stereocenters. The van der Waals surface area contributed by atoms with Gasteiger partial charge in [0.15, 0.2) is 0 Å². The molecule has 0 N–H and O–H groups in total. The first-order chi connectivity index (χ1) is 13.0.